The second-order valence-corrected chi connectivity index (χ2v) is 17.3. The van der Waals surface area contributed by atoms with Crippen LogP contribution in [0.2, 0.25) is 0 Å². The van der Waals surface area contributed by atoms with Gasteiger partial charge in [0.15, 0.2) is 12.6 Å². The van der Waals surface area contributed by atoms with Gasteiger partial charge < -0.3 is 64.2 Å². The Balaban J connectivity index is 1.73. The van der Waals surface area contributed by atoms with Gasteiger partial charge in [-0.05, 0) is 70.6 Å². The summed E-state index contributed by atoms with van der Waals surface area (Å²) >= 11 is 0. The first-order valence-corrected chi connectivity index (χ1v) is 25.2. The Labute approximate surface area is 401 Å². The van der Waals surface area contributed by atoms with Crippen molar-refractivity contribution in [2.24, 2.45) is 0 Å². The first-order valence-electron chi connectivity index (χ1n) is 25.2. The number of rotatable bonds is 38. The number of hydrogen-bond acceptors (Lipinski definition) is 14. The molecular weight excluding hydrogens is 861 g/mol. The van der Waals surface area contributed by atoms with Gasteiger partial charge in [0.2, 0.25) is 0 Å². The second kappa shape index (κ2) is 40.0. The Kier molecular flexibility index (Phi) is 36.0. The number of aliphatic hydroxyl groups is 7. The molecule has 7 N–H and O–H groups in total. The topological polar surface area (TPSA) is 214 Å². The van der Waals surface area contributed by atoms with E-state index in [9.17, 15) is 40.5 Å². The summed E-state index contributed by atoms with van der Waals surface area (Å²) in [6, 6.07) is 0. The minimum absolute atomic E-state index is 0.0431. The largest absolute Gasteiger partial charge is 0.457 e. The minimum atomic E-state index is -1.71. The molecule has 2 heterocycles. The van der Waals surface area contributed by atoms with Crippen LogP contribution in [-0.2, 0) is 33.2 Å². The van der Waals surface area contributed by atoms with Crippen molar-refractivity contribution in [3.8, 4) is 0 Å². The highest BCUT2D eigenvalue weighted by atomic mass is 16.7. The molecule has 0 amide bonds. The van der Waals surface area contributed by atoms with Crippen molar-refractivity contribution in [1.82, 2.24) is 0 Å². The molecule has 2 rings (SSSR count). The Morgan fingerprint density at radius 1 is 0.507 bits per heavy atom. The van der Waals surface area contributed by atoms with E-state index >= 15 is 0 Å². The molecule has 0 saturated carbocycles. The van der Waals surface area contributed by atoms with E-state index in [1.165, 1.54) is 32.1 Å². The Bertz CT molecular complexity index is 1430. The lowest BCUT2D eigenvalue weighted by Crippen LogP contribution is -2.61. The Morgan fingerprint density at radius 2 is 0.970 bits per heavy atom. The van der Waals surface area contributed by atoms with E-state index in [0.29, 0.717) is 13.0 Å². The lowest BCUT2D eigenvalue weighted by atomic mass is 9.98. The van der Waals surface area contributed by atoms with Gasteiger partial charge in [0.1, 0.15) is 54.9 Å². The van der Waals surface area contributed by atoms with E-state index < -0.39 is 86.7 Å². The monoisotopic (exact) mass is 949 g/mol. The Morgan fingerprint density at radius 3 is 1.51 bits per heavy atom. The maximum atomic E-state index is 13.0. The summed E-state index contributed by atoms with van der Waals surface area (Å²) in [6.45, 7) is 3.47. The van der Waals surface area contributed by atoms with Gasteiger partial charge in [-0.1, -0.05) is 150 Å². The summed E-state index contributed by atoms with van der Waals surface area (Å²) < 4.78 is 34.1. The first-order chi connectivity index (χ1) is 32.6. The number of carbonyl (C=O) groups excluding carboxylic acids is 1. The van der Waals surface area contributed by atoms with Gasteiger partial charge in [-0.3, -0.25) is 4.79 Å². The van der Waals surface area contributed by atoms with Gasteiger partial charge in [0.25, 0.3) is 0 Å². The number of unbranched alkanes of at least 4 members (excludes halogenated alkanes) is 10. The molecule has 67 heavy (non-hydrogen) atoms. The van der Waals surface area contributed by atoms with Crippen LogP contribution in [0, 0.1) is 0 Å². The van der Waals surface area contributed by atoms with Crippen molar-refractivity contribution in [1.29, 1.82) is 0 Å². The smallest absolute Gasteiger partial charge is 0.306 e. The molecule has 14 nitrogen and oxygen atoms in total. The number of ether oxygens (including phenoxy) is 6. The van der Waals surface area contributed by atoms with Crippen molar-refractivity contribution in [3.05, 3.63) is 85.1 Å². The number of hydrogen-bond donors (Lipinski definition) is 7. The predicted molar refractivity (Wildman–Crippen MR) is 261 cm³/mol. The van der Waals surface area contributed by atoms with Crippen LogP contribution in [0.1, 0.15) is 142 Å². The minimum Gasteiger partial charge on any atom is -0.457 e. The first kappa shape index (κ1) is 60.3. The van der Waals surface area contributed by atoms with Crippen molar-refractivity contribution in [2.75, 3.05) is 33.0 Å². The van der Waals surface area contributed by atoms with Crippen LogP contribution in [0.5, 0.6) is 0 Å². The molecule has 0 aromatic rings. The van der Waals surface area contributed by atoms with Crippen LogP contribution in [-0.4, -0.2) is 142 Å². The molecular formula is C53H88O14. The molecule has 0 spiro atoms. The third-order valence-electron chi connectivity index (χ3n) is 11.4. The molecule has 0 aromatic heterocycles. The zero-order valence-electron chi connectivity index (χ0n) is 40.6. The van der Waals surface area contributed by atoms with Gasteiger partial charge in [-0.25, -0.2) is 0 Å². The molecule has 0 aliphatic carbocycles. The van der Waals surface area contributed by atoms with E-state index in [4.69, 9.17) is 28.4 Å². The summed E-state index contributed by atoms with van der Waals surface area (Å²) in [5.74, 6) is -0.413. The van der Waals surface area contributed by atoms with E-state index in [-0.39, 0.29) is 19.6 Å². The fourth-order valence-corrected chi connectivity index (χ4v) is 7.32. The lowest BCUT2D eigenvalue weighted by Gasteiger charge is -2.42. The number of esters is 1. The van der Waals surface area contributed by atoms with Gasteiger partial charge in [-0.15, -0.1) is 0 Å². The average molecular weight is 949 g/mol. The molecule has 14 heteroatoms. The molecule has 0 radical (unpaired) electrons. The summed E-state index contributed by atoms with van der Waals surface area (Å²) in [5.41, 5.74) is 0. The number of carbonyl (C=O) groups is 1. The maximum Gasteiger partial charge on any atom is 0.306 e. The predicted octanol–water partition coefficient (Wildman–Crippen LogP) is 7.29. The van der Waals surface area contributed by atoms with E-state index in [2.05, 4.69) is 98.9 Å². The molecule has 11 atom stereocenters. The zero-order valence-corrected chi connectivity index (χ0v) is 40.6. The van der Waals surface area contributed by atoms with Gasteiger partial charge >= 0.3 is 5.97 Å². The molecule has 0 aromatic carbocycles. The van der Waals surface area contributed by atoms with E-state index in [0.717, 1.165) is 83.5 Å². The van der Waals surface area contributed by atoms with Crippen molar-refractivity contribution < 1.29 is 69.0 Å². The standard InChI is InChI=1S/C53H88O14/c1-3-5-7-9-11-13-14-15-16-17-18-19-20-21-22-23-24-25-26-27-28-29-30-32-34-36-45(55)65-42(39-62-37-35-33-31-12-10-8-6-4-2)40-63-52-51(61)49(59)47(57)44(67-52)41-64-53-50(60)48(58)46(56)43(38-54)66-53/h5,7,11,13,15-16,18-19,21-22,24-25,27-28,42-44,46-54,56-61H,3-4,6,8-10,12,14,17,20,23,26,29-41H2,1-2H3/b7-5-,13-11-,16-15-,19-18-,22-21-,25-24-,28-27-. The lowest BCUT2D eigenvalue weighted by molar-refractivity contribution is -0.332. The van der Waals surface area contributed by atoms with Crippen molar-refractivity contribution in [3.63, 3.8) is 0 Å². The molecule has 0 bridgehead atoms. The average Bonchev–Trinajstić information content (AvgIpc) is 3.32. The highest BCUT2D eigenvalue weighted by Gasteiger charge is 2.47. The SMILES string of the molecule is CC/C=C\C/C=C\C/C=C\C/C=C\C/C=C\C/C=C\C/C=C\CCCCCC(=O)OC(COCCCCCCCCCC)COC1OC(COC2OC(CO)C(O)C(O)C2O)C(O)C(O)C1O. The van der Waals surface area contributed by atoms with Crippen LogP contribution in [0.25, 0.3) is 0 Å². The normalized spacial score (nSPS) is 26.8. The van der Waals surface area contributed by atoms with Crippen molar-refractivity contribution >= 4 is 5.97 Å². The summed E-state index contributed by atoms with van der Waals surface area (Å²) in [4.78, 5) is 13.0. The molecule has 384 valence electrons. The molecule has 2 aliphatic rings. The van der Waals surface area contributed by atoms with Crippen molar-refractivity contribution in [2.45, 2.75) is 210 Å². The highest BCUT2D eigenvalue weighted by molar-refractivity contribution is 5.69. The zero-order chi connectivity index (χ0) is 48.7. The number of aliphatic hydroxyl groups excluding tert-OH is 7. The van der Waals surface area contributed by atoms with Gasteiger partial charge in [0, 0.05) is 13.0 Å². The molecule has 2 fully saturated rings. The second-order valence-electron chi connectivity index (χ2n) is 17.3. The van der Waals surface area contributed by atoms with Crippen LogP contribution in [0.3, 0.4) is 0 Å². The fourth-order valence-electron chi connectivity index (χ4n) is 7.32. The van der Waals surface area contributed by atoms with Crippen LogP contribution in [0.15, 0.2) is 85.1 Å². The Hall–Kier alpha value is -2.83. The third kappa shape index (κ3) is 27.8. The summed E-state index contributed by atoms with van der Waals surface area (Å²) in [5, 5.41) is 71.9. The quantitative estimate of drug-likeness (QED) is 0.0184. The fraction of sp³-hybridized carbons (Fsp3) is 0.717. The van der Waals surface area contributed by atoms with Gasteiger partial charge in [-0.2, -0.15) is 0 Å². The molecule has 2 aliphatic heterocycles. The molecule has 2 saturated heterocycles. The number of allylic oxidation sites excluding steroid dienone is 14. The molecule has 11 unspecified atom stereocenters. The van der Waals surface area contributed by atoms with E-state index in [1.54, 1.807) is 0 Å². The van der Waals surface area contributed by atoms with Crippen LogP contribution < -0.4 is 0 Å². The summed E-state index contributed by atoms with van der Waals surface area (Å²) in [6.07, 6.45) is 33.8. The van der Waals surface area contributed by atoms with Crippen LogP contribution >= 0.6 is 0 Å². The maximum absolute atomic E-state index is 13.0. The summed E-state index contributed by atoms with van der Waals surface area (Å²) in [7, 11) is 0. The van der Waals surface area contributed by atoms with Crippen LogP contribution in [0.4, 0.5) is 0 Å². The highest BCUT2D eigenvalue weighted by Crippen LogP contribution is 2.26. The third-order valence-corrected chi connectivity index (χ3v) is 11.4. The van der Waals surface area contributed by atoms with Gasteiger partial charge in [0.05, 0.1) is 26.4 Å². The van der Waals surface area contributed by atoms with E-state index in [1.807, 2.05) is 0 Å².